The number of pyridine rings is 1. The fourth-order valence-corrected chi connectivity index (χ4v) is 1.58. The fraction of sp³-hybridized carbons (Fsp3) is 0.615. The number of rotatable bonds is 1. The summed E-state index contributed by atoms with van der Waals surface area (Å²) in [5, 5.41) is 0. The number of aromatic nitrogens is 1. The van der Waals surface area contributed by atoms with Crippen molar-refractivity contribution >= 4 is 18.3 Å². The van der Waals surface area contributed by atoms with Gasteiger partial charge >= 0.3 is 7.12 Å². The van der Waals surface area contributed by atoms with Gasteiger partial charge in [0.2, 0.25) is 0 Å². The second kappa shape index (κ2) is 5.28. The summed E-state index contributed by atoms with van der Waals surface area (Å²) in [6, 6.07) is 1.83. The monoisotopic (exact) mass is 250 g/mol. The summed E-state index contributed by atoms with van der Waals surface area (Å²) in [5.74, 6) is 0. The van der Waals surface area contributed by atoms with Gasteiger partial charge < -0.3 is 15.0 Å². The van der Waals surface area contributed by atoms with Gasteiger partial charge in [-0.1, -0.05) is 13.8 Å². The Bertz CT molecular complexity index is 392. The van der Waals surface area contributed by atoms with E-state index in [9.17, 15) is 0 Å². The van der Waals surface area contributed by atoms with E-state index in [1.807, 2.05) is 47.6 Å². The van der Waals surface area contributed by atoms with E-state index in [4.69, 9.17) is 15.0 Å². The molecule has 1 saturated heterocycles. The highest BCUT2D eigenvalue weighted by Crippen LogP contribution is 2.36. The van der Waals surface area contributed by atoms with Crippen LogP contribution < -0.4 is 11.2 Å². The van der Waals surface area contributed by atoms with Gasteiger partial charge in [0, 0.05) is 23.5 Å². The highest BCUT2D eigenvalue weighted by Gasteiger charge is 2.51. The normalized spacial score (nSPS) is 20.2. The molecule has 0 atom stereocenters. The smallest absolute Gasteiger partial charge is 0.399 e. The Morgan fingerprint density at radius 2 is 1.56 bits per heavy atom. The molecule has 100 valence electrons. The summed E-state index contributed by atoms with van der Waals surface area (Å²) in [5.41, 5.74) is 6.50. The molecule has 1 aliphatic heterocycles. The van der Waals surface area contributed by atoms with Crippen LogP contribution in [0, 0.1) is 0 Å². The zero-order valence-corrected chi connectivity index (χ0v) is 12.2. The van der Waals surface area contributed by atoms with Crippen LogP contribution in [-0.2, 0) is 9.31 Å². The Morgan fingerprint density at radius 3 is 2.00 bits per heavy atom. The van der Waals surface area contributed by atoms with E-state index in [0.717, 1.165) is 5.46 Å². The average molecular weight is 250 g/mol. The van der Waals surface area contributed by atoms with Crippen molar-refractivity contribution in [2.24, 2.45) is 0 Å². The number of anilines is 1. The van der Waals surface area contributed by atoms with Crippen molar-refractivity contribution in [2.75, 3.05) is 5.73 Å². The SMILES string of the molecule is CC.CC1(C)OB(c2cncc(N)c2)OC1(C)C. The van der Waals surface area contributed by atoms with Gasteiger partial charge in [-0.2, -0.15) is 0 Å². The van der Waals surface area contributed by atoms with Gasteiger partial charge in [0.1, 0.15) is 0 Å². The van der Waals surface area contributed by atoms with E-state index >= 15 is 0 Å². The lowest BCUT2D eigenvalue weighted by molar-refractivity contribution is 0.00578. The van der Waals surface area contributed by atoms with Crippen molar-refractivity contribution < 1.29 is 9.31 Å². The maximum absolute atomic E-state index is 5.89. The van der Waals surface area contributed by atoms with E-state index in [-0.39, 0.29) is 18.3 Å². The first-order valence-electron chi connectivity index (χ1n) is 6.38. The van der Waals surface area contributed by atoms with Crippen molar-refractivity contribution in [3.05, 3.63) is 18.5 Å². The molecule has 0 saturated carbocycles. The zero-order chi connectivity index (χ0) is 14.0. The molecule has 5 heteroatoms. The second-order valence-corrected chi connectivity index (χ2v) is 5.14. The molecule has 0 amide bonds. The molecule has 18 heavy (non-hydrogen) atoms. The summed E-state index contributed by atoms with van der Waals surface area (Å²) in [4.78, 5) is 4.04. The molecular formula is C13H23BN2O2. The molecule has 0 unspecified atom stereocenters. The summed E-state index contributed by atoms with van der Waals surface area (Å²) in [6.07, 6.45) is 3.33. The van der Waals surface area contributed by atoms with Gasteiger partial charge in [-0.05, 0) is 33.8 Å². The van der Waals surface area contributed by atoms with Gasteiger partial charge in [-0.3, -0.25) is 4.98 Å². The fourth-order valence-electron chi connectivity index (χ4n) is 1.58. The molecule has 0 aromatic carbocycles. The number of nitrogens with zero attached hydrogens (tertiary/aromatic N) is 1. The molecule has 1 aromatic heterocycles. The third kappa shape index (κ3) is 2.84. The van der Waals surface area contributed by atoms with E-state index < -0.39 is 0 Å². The molecule has 2 heterocycles. The molecule has 0 bridgehead atoms. The highest BCUT2D eigenvalue weighted by atomic mass is 16.7. The molecule has 2 N–H and O–H groups in total. The van der Waals surface area contributed by atoms with E-state index in [0.29, 0.717) is 5.69 Å². The molecule has 0 radical (unpaired) electrons. The third-order valence-electron chi connectivity index (χ3n) is 3.31. The summed E-state index contributed by atoms with van der Waals surface area (Å²) < 4.78 is 11.8. The van der Waals surface area contributed by atoms with Crippen molar-refractivity contribution in [1.29, 1.82) is 0 Å². The molecule has 4 nitrogen and oxygen atoms in total. The van der Waals surface area contributed by atoms with Gasteiger partial charge in [-0.25, -0.2) is 0 Å². The number of nitrogens with two attached hydrogens (primary N) is 1. The van der Waals surface area contributed by atoms with Crippen LogP contribution in [0.2, 0.25) is 0 Å². The third-order valence-corrected chi connectivity index (χ3v) is 3.31. The summed E-state index contributed by atoms with van der Waals surface area (Å²) >= 11 is 0. The Hall–Kier alpha value is -1.07. The molecule has 1 aliphatic rings. The van der Waals surface area contributed by atoms with Crippen LogP contribution in [0.3, 0.4) is 0 Å². The highest BCUT2D eigenvalue weighted by molar-refractivity contribution is 6.62. The lowest BCUT2D eigenvalue weighted by atomic mass is 9.80. The summed E-state index contributed by atoms with van der Waals surface area (Å²) in [7, 11) is -0.388. The summed E-state index contributed by atoms with van der Waals surface area (Å²) in [6.45, 7) is 12.1. The standard InChI is InChI=1S/C11H17BN2O2.C2H6/c1-10(2)11(3,4)16-12(15-10)8-5-9(13)7-14-6-8;1-2/h5-7H,13H2,1-4H3;1-2H3. The topological polar surface area (TPSA) is 57.4 Å². The van der Waals surface area contributed by atoms with Crippen LogP contribution in [0.25, 0.3) is 0 Å². The number of nitrogen functional groups attached to an aromatic ring is 1. The van der Waals surface area contributed by atoms with Crippen LogP contribution in [0.5, 0.6) is 0 Å². The van der Waals surface area contributed by atoms with Gasteiger partial charge in [-0.15, -0.1) is 0 Å². The Balaban J connectivity index is 0.000000771. The van der Waals surface area contributed by atoms with E-state index in [1.54, 1.807) is 12.4 Å². The van der Waals surface area contributed by atoms with Crippen molar-refractivity contribution in [3.8, 4) is 0 Å². The minimum Gasteiger partial charge on any atom is -0.399 e. The lowest BCUT2D eigenvalue weighted by Crippen LogP contribution is -2.41. The lowest BCUT2D eigenvalue weighted by Gasteiger charge is -2.32. The van der Waals surface area contributed by atoms with Crippen LogP contribution >= 0.6 is 0 Å². The molecule has 2 rings (SSSR count). The van der Waals surface area contributed by atoms with Crippen molar-refractivity contribution in [2.45, 2.75) is 52.7 Å². The van der Waals surface area contributed by atoms with Crippen LogP contribution in [-0.4, -0.2) is 23.3 Å². The maximum atomic E-state index is 5.89. The quantitative estimate of drug-likeness (QED) is 0.774. The Kier molecular flexibility index (Phi) is 4.40. The minimum absolute atomic E-state index is 0.331. The molecule has 1 aromatic rings. The van der Waals surface area contributed by atoms with Crippen LogP contribution in [0.1, 0.15) is 41.5 Å². The Morgan fingerprint density at radius 1 is 1.06 bits per heavy atom. The van der Waals surface area contributed by atoms with Crippen LogP contribution in [0.4, 0.5) is 5.69 Å². The van der Waals surface area contributed by atoms with Crippen LogP contribution in [0.15, 0.2) is 18.5 Å². The van der Waals surface area contributed by atoms with E-state index in [2.05, 4.69) is 4.98 Å². The van der Waals surface area contributed by atoms with Crippen molar-refractivity contribution in [3.63, 3.8) is 0 Å². The largest absolute Gasteiger partial charge is 0.496 e. The predicted octanol–water partition coefficient (Wildman–Crippen LogP) is 1.99. The predicted molar refractivity (Wildman–Crippen MR) is 75.7 cm³/mol. The zero-order valence-electron chi connectivity index (χ0n) is 12.2. The molecule has 0 aliphatic carbocycles. The van der Waals surface area contributed by atoms with Gasteiger partial charge in [0.15, 0.2) is 0 Å². The van der Waals surface area contributed by atoms with Gasteiger partial charge in [0.25, 0.3) is 0 Å². The molecule has 0 spiro atoms. The van der Waals surface area contributed by atoms with Gasteiger partial charge in [0.05, 0.1) is 11.2 Å². The molecular weight excluding hydrogens is 227 g/mol. The number of hydrogen-bond donors (Lipinski definition) is 1. The second-order valence-electron chi connectivity index (χ2n) is 5.14. The Labute approximate surface area is 110 Å². The first-order valence-corrected chi connectivity index (χ1v) is 6.38. The maximum Gasteiger partial charge on any atom is 0.496 e. The van der Waals surface area contributed by atoms with E-state index in [1.165, 1.54) is 0 Å². The number of hydrogen-bond acceptors (Lipinski definition) is 4. The van der Waals surface area contributed by atoms with Crippen molar-refractivity contribution in [1.82, 2.24) is 4.98 Å². The minimum atomic E-state index is -0.388. The first kappa shape index (κ1) is 15.0. The molecule has 1 fully saturated rings. The average Bonchev–Trinajstić information content (AvgIpc) is 2.51. The first-order chi connectivity index (χ1) is 8.32.